The number of piperidine rings is 1. The van der Waals surface area contributed by atoms with Crippen molar-refractivity contribution in [2.75, 3.05) is 33.4 Å². The molecule has 0 saturated carbocycles. The summed E-state index contributed by atoms with van der Waals surface area (Å²) < 4.78 is 16.2. The molecule has 1 aromatic carbocycles. The van der Waals surface area contributed by atoms with Crippen LogP contribution in [0.2, 0.25) is 0 Å². The van der Waals surface area contributed by atoms with Gasteiger partial charge in [-0.2, -0.15) is 0 Å². The first-order valence-electron chi connectivity index (χ1n) is 9.79. The molecule has 1 aliphatic rings. The van der Waals surface area contributed by atoms with E-state index in [4.69, 9.17) is 19.2 Å². The molecule has 7 heteroatoms. The number of benzene rings is 1. The van der Waals surface area contributed by atoms with Crippen LogP contribution >= 0.6 is 11.3 Å². The number of aromatic nitrogens is 1. The number of hydrogen-bond donors (Lipinski definition) is 0. The molecule has 0 unspecified atom stereocenters. The normalized spacial score (nSPS) is 15.4. The molecule has 1 aromatic heterocycles. The Morgan fingerprint density at radius 1 is 1.21 bits per heavy atom. The van der Waals surface area contributed by atoms with E-state index in [1.54, 1.807) is 18.4 Å². The molecule has 2 heterocycles. The third-order valence-electron chi connectivity index (χ3n) is 4.86. The quantitative estimate of drug-likeness (QED) is 0.620. The minimum atomic E-state index is -0.0532. The Morgan fingerprint density at radius 3 is 2.68 bits per heavy atom. The lowest BCUT2D eigenvalue weighted by Crippen LogP contribution is -2.36. The van der Waals surface area contributed by atoms with Gasteiger partial charge in [-0.1, -0.05) is 0 Å². The van der Waals surface area contributed by atoms with Crippen molar-refractivity contribution < 1.29 is 19.0 Å². The van der Waals surface area contributed by atoms with Crippen LogP contribution in [0.15, 0.2) is 23.6 Å². The maximum absolute atomic E-state index is 11.9. The van der Waals surface area contributed by atoms with Gasteiger partial charge in [-0.25, -0.2) is 4.98 Å². The van der Waals surface area contributed by atoms with Crippen molar-refractivity contribution in [1.29, 1.82) is 0 Å². The van der Waals surface area contributed by atoms with Crippen molar-refractivity contribution in [3.8, 4) is 22.1 Å². The van der Waals surface area contributed by atoms with Gasteiger partial charge in [-0.15, -0.1) is 11.3 Å². The lowest BCUT2D eigenvalue weighted by Gasteiger charge is -2.30. The standard InChI is InChI=1S/C21H28N2O4S/c1-4-26-18-7-6-16(12-19(18)25-3)20-22-17(14-28-20)13-23-10-8-15(9-11-23)21(24)27-5-2/h6-7,12,14-15H,4-5,8-11,13H2,1-3H3. The number of ether oxygens (including phenoxy) is 3. The number of hydrogen-bond acceptors (Lipinski definition) is 7. The number of rotatable bonds is 8. The maximum atomic E-state index is 11.9. The first kappa shape index (κ1) is 20.6. The second-order valence-corrected chi connectivity index (χ2v) is 7.60. The van der Waals surface area contributed by atoms with Crippen LogP contribution in [-0.2, 0) is 16.1 Å². The summed E-state index contributed by atoms with van der Waals surface area (Å²) in [6.07, 6.45) is 1.71. The summed E-state index contributed by atoms with van der Waals surface area (Å²) in [5, 5.41) is 3.08. The Morgan fingerprint density at radius 2 is 2.00 bits per heavy atom. The van der Waals surface area contributed by atoms with Crippen LogP contribution in [0.5, 0.6) is 11.5 Å². The van der Waals surface area contributed by atoms with Crippen LogP contribution in [0, 0.1) is 5.92 Å². The summed E-state index contributed by atoms with van der Waals surface area (Å²) in [4.78, 5) is 19.0. The van der Waals surface area contributed by atoms with Gasteiger partial charge in [-0.05, 0) is 58.0 Å². The molecule has 1 aliphatic heterocycles. The second-order valence-electron chi connectivity index (χ2n) is 6.75. The van der Waals surface area contributed by atoms with Crippen LogP contribution in [0.4, 0.5) is 0 Å². The van der Waals surface area contributed by atoms with Crippen molar-refractivity contribution in [1.82, 2.24) is 9.88 Å². The van der Waals surface area contributed by atoms with Gasteiger partial charge in [-0.3, -0.25) is 9.69 Å². The molecule has 0 atom stereocenters. The predicted octanol–water partition coefficient (Wildman–Crippen LogP) is 3.99. The second kappa shape index (κ2) is 9.89. The molecule has 0 aliphatic carbocycles. The molecular weight excluding hydrogens is 376 g/mol. The molecule has 152 valence electrons. The lowest BCUT2D eigenvalue weighted by molar-refractivity contribution is -0.149. The van der Waals surface area contributed by atoms with Gasteiger partial charge < -0.3 is 14.2 Å². The minimum absolute atomic E-state index is 0.0403. The van der Waals surface area contributed by atoms with Gasteiger partial charge in [0.1, 0.15) is 5.01 Å². The number of carbonyl (C=O) groups excluding carboxylic acids is 1. The summed E-state index contributed by atoms with van der Waals surface area (Å²) in [7, 11) is 1.65. The van der Waals surface area contributed by atoms with E-state index in [-0.39, 0.29) is 11.9 Å². The number of likely N-dealkylation sites (tertiary alicyclic amines) is 1. The topological polar surface area (TPSA) is 60.9 Å². The Bertz CT molecular complexity index is 784. The van der Waals surface area contributed by atoms with Crippen LogP contribution in [0.3, 0.4) is 0 Å². The molecule has 1 fully saturated rings. The molecule has 2 aromatic rings. The fourth-order valence-corrected chi connectivity index (χ4v) is 4.21. The zero-order chi connectivity index (χ0) is 19.9. The number of carbonyl (C=O) groups is 1. The molecule has 0 amide bonds. The smallest absolute Gasteiger partial charge is 0.309 e. The SMILES string of the molecule is CCOC(=O)C1CCN(Cc2csc(-c3ccc(OCC)c(OC)c3)n2)CC1. The highest BCUT2D eigenvalue weighted by atomic mass is 32.1. The number of nitrogens with zero attached hydrogens (tertiary/aromatic N) is 2. The van der Waals surface area contributed by atoms with Gasteiger partial charge in [0.15, 0.2) is 11.5 Å². The molecule has 0 radical (unpaired) electrons. The summed E-state index contributed by atoms with van der Waals surface area (Å²) in [6.45, 7) is 7.46. The van der Waals surface area contributed by atoms with E-state index in [1.165, 1.54) is 0 Å². The van der Waals surface area contributed by atoms with Crippen molar-refractivity contribution in [3.05, 3.63) is 29.3 Å². The molecule has 0 bridgehead atoms. The number of methoxy groups -OCH3 is 1. The van der Waals surface area contributed by atoms with Gasteiger partial charge >= 0.3 is 5.97 Å². The lowest BCUT2D eigenvalue weighted by atomic mass is 9.97. The first-order chi connectivity index (χ1) is 13.6. The van der Waals surface area contributed by atoms with E-state index in [2.05, 4.69) is 10.3 Å². The Labute approximate surface area is 170 Å². The van der Waals surface area contributed by atoms with Crippen molar-refractivity contribution in [2.24, 2.45) is 5.92 Å². The predicted molar refractivity (Wildman–Crippen MR) is 110 cm³/mol. The highest BCUT2D eigenvalue weighted by molar-refractivity contribution is 7.13. The average Bonchev–Trinajstić information content (AvgIpc) is 3.17. The Kier molecular flexibility index (Phi) is 7.28. The van der Waals surface area contributed by atoms with Gasteiger partial charge in [0, 0.05) is 17.5 Å². The fraction of sp³-hybridized carbons (Fsp3) is 0.524. The molecular formula is C21H28N2O4S. The minimum Gasteiger partial charge on any atom is -0.493 e. The summed E-state index contributed by atoms with van der Waals surface area (Å²) >= 11 is 1.63. The fourth-order valence-electron chi connectivity index (χ4n) is 3.40. The van der Waals surface area contributed by atoms with Crippen molar-refractivity contribution in [2.45, 2.75) is 33.2 Å². The van der Waals surface area contributed by atoms with E-state index in [1.807, 2.05) is 32.0 Å². The molecule has 28 heavy (non-hydrogen) atoms. The zero-order valence-electron chi connectivity index (χ0n) is 16.8. The zero-order valence-corrected chi connectivity index (χ0v) is 17.6. The summed E-state index contributed by atoms with van der Waals surface area (Å²) in [5.41, 5.74) is 2.08. The molecule has 0 spiro atoms. The summed E-state index contributed by atoms with van der Waals surface area (Å²) in [6, 6.07) is 5.91. The van der Waals surface area contributed by atoms with Gasteiger partial charge in [0.25, 0.3) is 0 Å². The van der Waals surface area contributed by atoms with Gasteiger partial charge in [0.2, 0.25) is 0 Å². The maximum Gasteiger partial charge on any atom is 0.309 e. The third kappa shape index (κ3) is 5.02. The van der Waals surface area contributed by atoms with Crippen molar-refractivity contribution in [3.63, 3.8) is 0 Å². The highest BCUT2D eigenvalue weighted by Crippen LogP contribution is 2.34. The van der Waals surface area contributed by atoms with Crippen LogP contribution in [0.25, 0.3) is 10.6 Å². The van der Waals surface area contributed by atoms with E-state index < -0.39 is 0 Å². The summed E-state index contributed by atoms with van der Waals surface area (Å²) in [5.74, 6) is 1.45. The van der Waals surface area contributed by atoms with E-state index in [0.717, 1.165) is 60.2 Å². The van der Waals surface area contributed by atoms with E-state index in [0.29, 0.717) is 13.2 Å². The molecule has 6 nitrogen and oxygen atoms in total. The van der Waals surface area contributed by atoms with Crippen LogP contribution < -0.4 is 9.47 Å². The Balaban J connectivity index is 1.60. The van der Waals surface area contributed by atoms with Crippen LogP contribution in [-0.4, -0.2) is 49.3 Å². The number of thiazole rings is 1. The van der Waals surface area contributed by atoms with Crippen molar-refractivity contribution >= 4 is 17.3 Å². The average molecular weight is 405 g/mol. The van der Waals surface area contributed by atoms with Crippen LogP contribution in [0.1, 0.15) is 32.4 Å². The largest absolute Gasteiger partial charge is 0.493 e. The molecule has 3 rings (SSSR count). The van der Waals surface area contributed by atoms with E-state index >= 15 is 0 Å². The molecule has 1 saturated heterocycles. The van der Waals surface area contributed by atoms with Gasteiger partial charge in [0.05, 0.1) is 31.9 Å². The Hall–Kier alpha value is -2.12. The monoisotopic (exact) mass is 404 g/mol. The first-order valence-corrected chi connectivity index (χ1v) is 10.7. The highest BCUT2D eigenvalue weighted by Gasteiger charge is 2.26. The van der Waals surface area contributed by atoms with E-state index in [9.17, 15) is 4.79 Å². The molecule has 0 N–H and O–H groups in total. The third-order valence-corrected chi connectivity index (χ3v) is 5.80. The number of esters is 1.